The highest BCUT2D eigenvalue weighted by Gasteiger charge is 2.06. The van der Waals surface area contributed by atoms with Gasteiger partial charge in [0.25, 0.3) is 0 Å². The van der Waals surface area contributed by atoms with Gasteiger partial charge in [0.2, 0.25) is 0 Å². The number of nitrogen functional groups attached to an aromatic ring is 1. The Kier molecular flexibility index (Phi) is 5.88. The van der Waals surface area contributed by atoms with Crippen LogP contribution in [0.4, 0.5) is 5.69 Å². The molecule has 0 spiro atoms. The fourth-order valence-corrected chi connectivity index (χ4v) is 1.06. The SMILES string of the molecule is CC.COc1cc(Cl)c(N)c(OC)c1. The lowest BCUT2D eigenvalue weighted by Gasteiger charge is -2.08. The van der Waals surface area contributed by atoms with Crippen molar-refractivity contribution in [2.24, 2.45) is 0 Å². The third-order valence-corrected chi connectivity index (χ3v) is 1.83. The maximum atomic E-state index is 5.79. The largest absolute Gasteiger partial charge is 0.497 e. The van der Waals surface area contributed by atoms with E-state index in [1.165, 1.54) is 7.11 Å². The highest BCUT2D eigenvalue weighted by molar-refractivity contribution is 6.33. The van der Waals surface area contributed by atoms with Crippen LogP contribution < -0.4 is 15.2 Å². The minimum atomic E-state index is 0.431. The van der Waals surface area contributed by atoms with Crippen molar-refractivity contribution < 1.29 is 9.47 Å². The van der Waals surface area contributed by atoms with Crippen LogP contribution in [0.3, 0.4) is 0 Å². The Morgan fingerprint density at radius 1 is 1.14 bits per heavy atom. The summed E-state index contributed by atoms with van der Waals surface area (Å²) in [6.45, 7) is 4.00. The number of hydrogen-bond donors (Lipinski definition) is 1. The van der Waals surface area contributed by atoms with Crippen LogP contribution in [0.2, 0.25) is 5.02 Å². The van der Waals surface area contributed by atoms with E-state index in [1.54, 1.807) is 19.2 Å². The van der Waals surface area contributed by atoms with Crippen LogP contribution in [0.1, 0.15) is 13.8 Å². The molecule has 0 saturated heterocycles. The Bertz CT molecular complexity index is 290. The standard InChI is InChI=1S/C8H10ClNO2.C2H6/c1-11-5-3-6(9)8(10)7(4-5)12-2;1-2/h3-4H,10H2,1-2H3;1-2H3. The van der Waals surface area contributed by atoms with Crippen LogP contribution in [0.5, 0.6) is 11.5 Å². The summed E-state index contributed by atoms with van der Waals surface area (Å²) in [5.74, 6) is 1.16. The number of rotatable bonds is 2. The average Bonchev–Trinajstić information content (AvgIpc) is 2.24. The molecule has 3 nitrogen and oxygen atoms in total. The first-order valence-electron chi connectivity index (χ1n) is 4.36. The summed E-state index contributed by atoms with van der Waals surface area (Å²) in [6.07, 6.45) is 0. The molecule has 0 atom stereocenters. The van der Waals surface area contributed by atoms with Gasteiger partial charge >= 0.3 is 0 Å². The van der Waals surface area contributed by atoms with E-state index in [0.717, 1.165) is 0 Å². The molecule has 0 unspecified atom stereocenters. The van der Waals surface area contributed by atoms with Gasteiger partial charge in [0.15, 0.2) is 0 Å². The van der Waals surface area contributed by atoms with Gasteiger partial charge in [-0.05, 0) is 0 Å². The van der Waals surface area contributed by atoms with Gasteiger partial charge in [-0.3, -0.25) is 0 Å². The molecule has 1 rings (SSSR count). The molecule has 0 heterocycles. The smallest absolute Gasteiger partial charge is 0.146 e. The number of anilines is 1. The predicted molar refractivity (Wildman–Crippen MR) is 60.3 cm³/mol. The number of ether oxygens (including phenoxy) is 2. The van der Waals surface area contributed by atoms with Crippen molar-refractivity contribution in [1.29, 1.82) is 0 Å². The molecule has 0 amide bonds. The van der Waals surface area contributed by atoms with Crippen molar-refractivity contribution in [2.75, 3.05) is 20.0 Å². The van der Waals surface area contributed by atoms with Crippen LogP contribution >= 0.6 is 11.6 Å². The van der Waals surface area contributed by atoms with Crippen molar-refractivity contribution in [3.05, 3.63) is 17.2 Å². The first-order chi connectivity index (χ1) is 6.69. The molecule has 4 heteroatoms. The number of hydrogen-bond acceptors (Lipinski definition) is 3. The molecule has 0 aliphatic carbocycles. The van der Waals surface area contributed by atoms with Gasteiger partial charge in [-0.1, -0.05) is 25.4 Å². The van der Waals surface area contributed by atoms with Crippen LogP contribution in [-0.2, 0) is 0 Å². The zero-order valence-corrected chi connectivity index (χ0v) is 9.68. The lowest BCUT2D eigenvalue weighted by atomic mass is 10.3. The van der Waals surface area contributed by atoms with Gasteiger partial charge in [0.05, 0.1) is 24.9 Å². The fourth-order valence-electron chi connectivity index (χ4n) is 0.856. The average molecular weight is 218 g/mol. The molecule has 0 saturated carbocycles. The topological polar surface area (TPSA) is 44.5 Å². The summed E-state index contributed by atoms with van der Waals surface area (Å²) in [6, 6.07) is 3.32. The third kappa shape index (κ3) is 3.00. The normalized spacial score (nSPS) is 8.64. The van der Waals surface area contributed by atoms with E-state index in [1.807, 2.05) is 13.8 Å². The zero-order chi connectivity index (χ0) is 11.1. The summed E-state index contributed by atoms with van der Waals surface area (Å²) >= 11 is 5.79. The van der Waals surface area contributed by atoms with Crippen molar-refractivity contribution >= 4 is 17.3 Å². The van der Waals surface area contributed by atoms with Crippen LogP contribution in [0, 0.1) is 0 Å². The Balaban J connectivity index is 0.000000791. The van der Waals surface area contributed by atoms with Crippen molar-refractivity contribution in [1.82, 2.24) is 0 Å². The molecule has 0 bridgehead atoms. The maximum absolute atomic E-state index is 5.79. The zero-order valence-electron chi connectivity index (χ0n) is 8.93. The Hall–Kier alpha value is -1.09. The summed E-state index contributed by atoms with van der Waals surface area (Å²) in [7, 11) is 3.09. The van der Waals surface area contributed by atoms with Gasteiger partial charge in [-0.15, -0.1) is 0 Å². The Morgan fingerprint density at radius 2 is 1.71 bits per heavy atom. The highest BCUT2D eigenvalue weighted by Crippen LogP contribution is 2.33. The molecule has 0 radical (unpaired) electrons. The van der Waals surface area contributed by atoms with E-state index in [2.05, 4.69) is 0 Å². The summed E-state index contributed by atoms with van der Waals surface area (Å²) in [4.78, 5) is 0. The summed E-state index contributed by atoms with van der Waals surface area (Å²) in [5, 5.41) is 0.436. The Labute approximate surface area is 89.8 Å². The number of benzene rings is 1. The van der Waals surface area contributed by atoms with Crippen molar-refractivity contribution in [3.63, 3.8) is 0 Å². The number of halogens is 1. The van der Waals surface area contributed by atoms with Gasteiger partial charge in [-0.25, -0.2) is 0 Å². The second-order valence-corrected chi connectivity index (χ2v) is 2.63. The van der Waals surface area contributed by atoms with Crippen LogP contribution in [0.15, 0.2) is 12.1 Å². The first kappa shape index (κ1) is 12.9. The molecule has 1 aromatic rings. The van der Waals surface area contributed by atoms with E-state index in [0.29, 0.717) is 22.2 Å². The van der Waals surface area contributed by atoms with E-state index >= 15 is 0 Å². The second kappa shape index (κ2) is 6.38. The first-order valence-corrected chi connectivity index (χ1v) is 4.74. The van der Waals surface area contributed by atoms with Gasteiger partial charge in [-0.2, -0.15) is 0 Å². The fraction of sp³-hybridized carbons (Fsp3) is 0.400. The van der Waals surface area contributed by atoms with Crippen LogP contribution in [0.25, 0.3) is 0 Å². The molecular formula is C10H16ClNO2. The quantitative estimate of drug-likeness (QED) is 0.775. The molecule has 14 heavy (non-hydrogen) atoms. The monoisotopic (exact) mass is 217 g/mol. The molecule has 0 fully saturated rings. The van der Waals surface area contributed by atoms with Crippen molar-refractivity contribution in [3.8, 4) is 11.5 Å². The summed E-state index contributed by atoms with van der Waals surface area (Å²) in [5.41, 5.74) is 6.03. The summed E-state index contributed by atoms with van der Waals surface area (Å²) < 4.78 is 9.95. The van der Waals surface area contributed by atoms with E-state index < -0.39 is 0 Å². The van der Waals surface area contributed by atoms with E-state index in [9.17, 15) is 0 Å². The minimum Gasteiger partial charge on any atom is -0.497 e. The van der Waals surface area contributed by atoms with Crippen LogP contribution in [-0.4, -0.2) is 14.2 Å². The minimum absolute atomic E-state index is 0.431. The third-order valence-electron chi connectivity index (χ3n) is 1.52. The lowest BCUT2D eigenvalue weighted by molar-refractivity contribution is 0.396. The van der Waals surface area contributed by atoms with Gasteiger partial charge in [0, 0.05) is 12.1 Å². The molecular weight excluding hydrogens is 202 g/mol. The van der Waals surface area contributed by atoms with E-state index in [-0.39, 0.29) is 0 Å². The molecule has 1 aromatic carbocycles. The molecule has 0 aliphatic heterocycles. The van der Waals surface area contributed by atoms with Crippen molar-refractivity contribution in [2.45, 2.75) is 13.8 Å². The highest BCUT2D eigenvalue weighted by atomic mass is 35.5. The Morgan fingerprint density at radius 3 is 2.14 bits per heavy atom. The molecule has 2 N–H and O–H groups in total. The van der Waals surface area contributed by atoms with Gasteiger partial charge in [0.1, 0.15) is 11.5 Å². The molecule has 0 aromatic heterocycles. The number of nitrogens with two attached hydrogens (primary N) is 1. The predicted octanol–water partition coefficient (Wildman–Crippen LogP) is 2.97. The molecule has 0 aliphatic rings. The second-order valence-electron chi connectivity index (χ2n) is 2.23. The van der Waals surface area contributed by atoms with Gasteiger partial charge < -0.3 is 15.2 Å². The maximum Gasteiger partial charge on any atom is 0.146 e. The van der Waals surface area contributed by atoms with E-state index in [4.69, 9.17) is 26.8 Å². The molecule has 80 valence electrons. The number of methoxy groups -OCH3 is 2. The lowest BCUT2D eigenvalue weighted by Crippen LogP contribution is -1.94.